The van der Waals surface area contributed by atoms with Crippen LogP contribution >= 0.6 is 11.8 Å². The van der Waals surface area contributed by atoms with Gasteiger partial charge in [-0.25, -0.2) is 4.98 Å². The second-order valence-electron chi connectivity index (χ2n) is 5.55. The molecule has 0 aliphatic carbocycles. The summed E-state index contributed by atoms with van der Waals surface area (Å²) in [4.78, 5) is 30.7. The van der Waals surface area contributed by atoms with Crippen molar-refractivity contribution in [2.75, 3.05) is 18.5 Å². The normalized spacial score (nSPS) is 15.7. The van der Waals surface area contributed by atoms with Gasteiger partial charge in [0.25, 0.3) is 5.56 Å². The smallest absolute Gasteiger partial charge is 0.258 e. The zero-order chi connectivity index (χ0) is 16.2. The van der Waals surface area contributed by atoms with E-state index in [0.717, 1.165) is 26.1 Å². The third-order valence-electron chi connectivity index (χ3n) is 3.70. The lowest BCUT2D eigenvalue weighted by molar-refractivity contribution is -0.114. The van der Waals surface area contributed by atoms with Crippen molar-refractivity contribution in [1.82, 2.24) is 9.97 Å². The summed E-state index contributed by atoms with van der Waals surface area (Å²) in [6.07, 6.45) is 2.07. The van der Waals surface area contributed by atoms with Crippen molar-refractivity contribution in [2.24, 2.45) is 0 Å². The maximum absolute atomic E-state index is 12.2. The highest BCUT2D eigenvalue weighted by atomic mass is 32.2. The second kappa shape index (κ2) is 7.14. The number of H-pyrrole nitrogens is 1. The fourth-order valence-electron chi connectivity index (χ4n) is 2.58. The number of aromatic amines is 1. The first-order valence-corrected chi connectivity index (χ1v) is 8.66. The van der Waals surface area contributed by atoms with Crippen LogP contribution in [-0.2, 0) is 15.3 Å². The summed E-state index contributed by atoms with van der Waals surface area (Å²) < 4.78 is 5.35. The number of benzene rings is 1. The first-order chi connectivity index (χ1) is 11.1. The average Bonchev–Trinajstić information content (AvgIpc) is 2.53. The SMILES string of the molecule is CC(=O)Nc1ccc2c(=O)[nH]c(CSC3CCOCC3)nc2c1. The Morgan fingerprint density at radius 1 is 1.43 bits per heavy atom. The zero-order valence-electron chi connectivity index (χ0n) is 12.9. The van der Waals surface area contributed by atoms with Gasteiger partial charge < -0.3 is 15.0 Å². The molecule has 1 amide bonds. The van der Waals surface area contributed by atoms with Gasteiger partial charge in [-0.05, 0) is 31.0 Å². The Balaban J connectivity index is 1.80. The Labute approximate surface area is 138 Å². The van der Waals surface area contributed by atoms with Crippen molar-refractivity contribution >= 4 is 34.3 Å². The quantitative estimate of drug-likeness (QED) is 0.897. The summed E-state index contributed by atoms with van der Waals surface area (Å²) in [5.41, 5.74) is 1.10. The van der Waals surface area contributed by atoms with Gasteiger partial charge in [0.2, 0.25) is 5.91 Å². The van der Waals surface area contributed by atoms with Gasteiger partial charge in [0.15, 0.2) is 0 Å². The highest BCUT2D eigenvalue weighted by Gasteiger charge is 2.15. The molecule has 1 aromatic carbocycles. The average molecular weight is 333 g/mol. The van der Waals surface area contributed by atoms with E-state index < -0.39 is 0 Å². The highest BCUT2D eigenvalue weighted by Crippen LogP contribution is 2.24. The fourth-order valence-corrected chi connectivity index (χ4v) is 3.63. The Morgan fingerprint density at radius 3 is 2.96 bits per heavy atom. The third-order valence-corrected chi connectivity index (χ3v) is 5.08. The van der Waals surface area contributed by atoms with Gasteiger partial charge in [0.1, 0.15) is 5.82 Å². The number of hydrogen-bond donors (Lipinski definition) is 2. The number of anilines is 1. The van der Waals surface area contributed by atoms with Crippen LogP contribution in [0.5, 0.6) is 0 Å². The largest absolute Gasteiger partial charge is 0.381 e. The van der Waals surface area contributed by atoms with Crippen LogP contribution in [0.1, 0.15) is 25.6 Å². The van der Waals surface area contributed by atoms with E-state index in [4.69, 9.17) is 4.74 Å². The van der Waals surface area contributed by atoms with Crippen molar-refractivity contribution in [3.63, 3.8) is 0 Å². The van der Waals surface area contributed by atoms with Gasteiger partial charge in [-0.3, -0.25) is 9.59 Å². The number of ether oxygens (including phenoxy) is 1. The Bertz CT molecular complexity index is 769. The van der Waals surface area contributed by atoms with Crippen LogP contribution in [0.2, 0.25) is 0 Å². The molecule has 23 heavy (non-hydrogen) atoms. The van der Waals surface area contributed by atoms with Crippen LogP contribution in [0.4, 0.5) is 5.69 Å². The predicted octanol–water partition coefficient (Wildman–Crippen LogP) is 2.29. The summed E-state index contributed by atoms with van der Waals surface area (Å²) in [6, 6.07) is 5.12. The minimum atomic E-state index is -0.149. The Hall–Kier alpha value is -1.86. The molecule has 7 heteroatoms. The molecule has 3 rings (SSSR count). The molecule has 2 aromatic rings. The maximum Gasteiger partial charge on any atom is 0.258 e. The third kappa shape index (κ3) is 4.11. The Morgan fingerprint density at radius 2 is 2.22 bits per heavy atom. The zero-order valence-corrected chi connectivity index (χ0v) is 13.7. The lowest BCUT2D eigenvalue weighted by atomic mass is 10.2. The van der Waals surface area contributed by atoms with E-state index in [1.807, 2.05) is 0 Å². The maximum atomic E-state index is 12.2. The molecule has 1 saturated heterocycles. The van der Waals surface area contributed by atoms with E-state index in [1.54, 1.807) is 30.0 Å². The van der Waals surface area contributed by atoms with E-state index in [2.05, 4.69) is 15.3 Å². The minimum Gasteiger partial charge on any atom is -0.381 e. The lowest BCUT2D eigenvalue weighted by Gasteiger charge is -2.21. The molecule has 0 saturated carbocycles. The van der Waals surface area contributed by atoms with E-state index in [1.165, 1.54) is 6.92 Å². The van der Waals surface area contributed by atoms with E-state index in [-0.39, 0.29) is 11.5 Å². The molecular weight excluding hydrogens is 314 g/mol. The lowest BCUT2D eigenvalue weighted by Crippen LogP contribution is -2.18. The molecule has 0 unspecified atom stereocenters. The van der Waals surface area contributed by atoms with Crippen LogP contribution in [0.25, 0.3) is 10.9 Å². The molecule has 2 N–H and O–H groups in total. The van der Waals surface area contributed by atoms with Crippen molar-refractivity contribution < 1.29 is 9.53 Å². The molecule has 0 radical (unpaired) electrons. The van der Waals surface area contributed by atoms with E-state index in [0.29, 0.717) is 33.4 Å². The van der Waals surface area contributed by atoms with Crippen molar-refractivity contribution in [3.05, 3.63) is 34.4 Å². The van der Waals surface area contributed by atoms with Gasteiger partial charge in [-0.15, -0.1) is 0 Å². The number of fused-ring (bicyclic) bond motifs is 1. The van der Waals surface area contributed by atoms with Crippen LogP contribution in [0.15, 0.2) is 23.0 Å². The van der Waals surface area contributed by atoms with Crippen LogP contribution < -0.4 is 10.9 Å². The predicted molar refractivity (Wildman–Crippen MR) is 91.8 cm³/mol. The summed E-state index contributed by atoms with van der Waals surface area (Å²) in [5, 5.41) is 3.79. The van der Waals surface area contributed by atoms with Gasteiger partial charge in [0, 0.05) is 31.1 Å². The minimum absolute atomic E-state index is 0.146. The van der Waals surface area contributed by atoms with Crippen molar-refractivity contribution in [1.29, 1.82) is 0 Å². The molecule has 0 atom stereocenters. The summed E-state index contributed by atoms with van der Waals surface area (Å²) >= 11 is 1.80. The fraction of sp³-hybridized carbons (Fsp3) is 0.438. The van der Waals surface area contributed by atoms with Crippen molar-refractivity contribution in [3.8, 4) is 0 Å². The first-order valence-electron chi connectivity index (χ1n) is 7.62. The van der Waals surface area contributed by atoms with E-state index >= 15 is 0 Å². The molecule has 0 bridgehead atoms. The van der Waals surface area contributed by atoms with Gasteiger partial charge in [-0.1, -0.05) is 0 Å². The summed E-state index contributed by atoms with van der Waals surface area (Å²) in [6.45, 7) is 3.06. The number of thioether (sulfide) groups is 1. The number of aromatic nitrogens is 2. The standard InChI is InChI=1S/C16H19N3O3S/c1-10(20)17-11-2-3-13-14(8-11)18-15(19-16(13)21)9-23-12-4-6-22-7-5-12/h2-3,8,12H,4-7,9H2,1H3,(H,17,20)(H,18,19,21). The first kappa shape index (κ1) is 16.0. The molecule has 6 nitrogen and oxygen atoms in total. The van der Waals surface area contributed by atoms with E-state index in [9.17, 15) is 9.59 Å². The van der Waals surface area contributed by atoms with Crippen LogP contribution in [0.3, 0.4) is 0 Å². The molecule has 2 heterocycles. The number of carbonyl (C=O) groups is 1. The van der Waals surface area contributed by atoms with Crippen LogP contribution in [-0.4, -0.2) is 34.3 Å². The number of nitrogens with zero attached hydrogens (tertiary/aromatic N) is 1. The topological polar surface area (TPSA) is 84.1 Å². The van der Waals surface area contributed by atoms with Crippen LogP contribution in [0, 0.1) is 0 Å². The second-order valence-corrected chi connectivity index (χ2v) is 6.84. The number of amides is 1. The van der Waals surface area contributed by atoms with Crippen molar-refractivity contribution in [2.45, 2.75) is 30.8 Å². The summed E-state index contributed by atoms with van der Waals surface area (Å²) in [5.74, 6) is 1.18. The summed E-state index contributed by atoms with van der Waals surface area (Å²) in [7, 11) is 0. The number of rotatable bonds is 4. The monoisotopic (exact) mass is 333 g/mol. The molecular formula is C16H19N3O3S. The molecule has 122 valence electrons. The number of hydrogen-bond acceptors (Lipinski definition) is 5. The van der Waals surface area contributed by atoms with Gasteiger partial charge >= 0.3 is 0 Å². The number of nitrogens with one attached hydrogen (secondary N) is 2. The molecule has 1 aromatic heterocycles. The highest BCUT2D eigenvalue weighted by molar-refractivity contribution is 7.99. The van der Waals surface area contributed by atoms with Gasteiger partial charge in [-0.2, -0.15) is 11.8 Å². The molecule has 0 spiro atoms. The number of carbonyl (C=O) groups excluding carboxylic acids is 1. The van der Waals surface area contributed by atoms with Gasteiger partial charge in [0.05, 0.1) is 16.7 Å². The molecule has 1 fully saturated rings. The Kier molecular flexibility index (Phi) is 4.97. The molecule has 1 aliphatic rings. The molecule has 1 aliphatic heterocycles.